The molecule has 3 aromatic rings. The number of hydrogen-bond acceptors (Lipinski definition) is 5. The van der Waals surface area contributed by atoms with Crippen LogP contribution in [0.5, 0.6) is 5.75 Å². The van der Waals surface area contributed by atoms with Gasteiger partial charge in [0.05, 0.1) is 0 Å². The van der Waals surface area contributed by atoms with E-state index in [1.165, 1.54) is 11.3 Å². The number of benzene rings is 1. The Morgan fingerprint density at radius 3 is 2.78 bits per heavy atom. The first-order chi connectivity index (χ1) is 8.72. The van der Waals surface area contributed by atoms with Crippen LogP contribution in [-0.4, -0.2) is 19.8 Å². The van der Waals surface area contributed by atoms with E-state index in [-0.39, 0.29) is 0 Å². The van der Waals surface area contributed by atoms with Crippen LogP contribution in [-0.2, 0) is 6.61 Å². The molecule has 7 heteroatoms. The second kappa shape index (κ2) is 4.55. The van der Waals surface area contributed by atoms with Crippen LogP contribution in [0, 0.1) is 6.92 Å². The van der Waals surface area contributed by atoms with Gasteiger partial charge in [-0.2, -0.15) is 9.61 Å². The van der Waals surface area contributed by atoms with E-state index in [1.807, 2.05) is 19.1 Å². The van der Waals surface area contributed by atoms with Gasteiger partial charge in [0.25, 0.3) is 0 Å². The van der Waals surface area contributed by atoms with Crippen molar-refractivity contribution in [3.8, 4) is 5.75 Å². The van der Waals surface area contributed by atoms with E-state index >= 15 is 0 Å². The van der Waals surface area contributed by atoms with E-state index in [9.17, 15) is 0 Å². The standard InChI is InChI=1S/C11H9ClN4OS/c1-7-13-14-11-16(7)15-10(18-11)6-17-9-4-2-8(12)3-5-9/h2-5H,6H2,1H3. The van der Waals surface area contributed by atoms with Gasteiger partial charge in [-0.25, -0.2) is 0 Å². The van der Waals surface area contributed by atoms with E-state index in [0.29, 0.717) is 11.6 Å². The number of rotatable bonds is 3. The fourth-order valence-corrected chi connectivity index (χ4v) is 2.41. The quantitative estimate of drug-likeness (QED) is 0.740. The Kier molecular flexibility index (Phi) is 2.89. The number of halogens is 1. The van der Waals surface area contributed by atoms with E-state index in [0.717, 1.165) is 21.5 Å². The predicted molar refractivity (Wildman–Crippen MR) is 69.2 cm³/mol. The molecule has 0 aliphatic heterocycles. The molecular weight excluding hydrogens is 272 g/mol. The lowest BCUT2D eigenvalue weighted by atomic mass is 10.3. The summed E-state index contributed by atoms with van der Waals surface area (Å²) >= 11 is 7.27. The normalized spacial score (nSPS) is 11.0. The first kappa shape index (κ1) is 11.4. The molecule has 1 aromatic carbocycles. The lowest BCUT2D eigenvalue weighted by Crippen LogP contribution is -1.97. The summed E-state index contributed by atoms with van der Waals surface area (Å²) < 4.78 is 7.33. The predicted octanol–water partition coefficient (Wildman–Crippen LogP) is 2.73. The Labute approximate surface area is 112 Å². The van der Waals surface area contributed by atoms with Crippen molar-refractivity contribution in [1.82, 2.24) is 19.8 Å². The number of nitrogens with zero attached hydrogens (tertiary/aromatic N) is 4. The fraction of sp³-hybridized carbons (Fsp3) is 0.182. The zero-order valence-electron chi connectivity index (χ0n) is 9.50. The number of hydrogen-bond donors (Lipinski definition) is 0. The van der Waals surface area contributed by atoms with Gasteiger partial charge >= 0.3 is 0 Å². The van der Waals surface area contributed by atoms with Crippen LogP contribution in [0.25, 0.3) is 4.96 Å². The molecule has 0 saturated carbocycles. The molecule has 18 heavy (non-hydrogen) atoms. The molecule has 0 aliphatic carbocycles. The SMILES string of the molecule is Cc1nnc2sc(COc3ccc(Cl)cc3)nn12. The third-order valence-corrected chi connectivity index (χ3v) is 3.49. The number of fused-ring (bicyclic) bond motifs is 1. The Morgan fingerprint density at radius 1 is 1.28 bits per heavy atom. The van der Waals surface area contributed by atoms with Crippen molar-refractivity contribution >= 4 is 27.9 Å². The first-order valence-electron chi connectivity index (χ1n) is 5.28. The van der Waals surface area contributed by atoms with Crippen molar-refractivity contribution in [1.29, 1.82) is 0 Å². The maximum atomic E-state index is 5.80. The van der Waals surface area contributed by atoms with Crippen molar-refractivity contribution < 1.29 is 4.74 Å². The summed E-state index contributed by atoms with van der Waals surface area (Å²) in [5.41, 5.74) is 0. The van der Waals surface area contributed by atoms with Crippen molar-refractivity contribution in [2.24, 2.45) is 0 Å². The van der Waals surface area contributed by atoms with Gasteiger partial charge in [0, 0.05) is 5.02 Å². The Bertz CT molecular complexity index is 676. The summed E-state index contributed by atoms with van der Waals surface area (Å²) in [4.78, 5) is 0.780. The molecule has 0 saturated heterocycles. The van der Waals surface area contributed by atoms with Crippen molar-refractivity contribution in [3.05, 3.63) is 40.1 Å². The lowest BCUT2D eigenvalue weighted by Gasteiger charge is -2.02. The summed E-state index contributed by atoms with van der Waals surface area (Å²) in [6.07, 6.45) is 0. The summed E-state index contributed by atoms with van der Waals surface area (Å²) in [6.45, 7) is 2.28. The molecule has 3 rings (SSSR count). The third kappa shape index (κ3) is 2.16. The summed E-state index contributed by atoms with van der Waals surface area (Å²) in [5, 5.41) is 13.8. The zero-order valence-corrected chi connectivity index (χ0v) is 11.1. The molecule has 0 unspecified atom stereocenters. The fourth-order valence-electron chi connectivity index (χ4n) is 1.49. The molecule has 2 aromatic heterocycles. The van der Waals surface area contributed by atoms with E-state index in [2.05, 4.69) is 15.3 Å². The van der Waals surface area contributed by atoms with E-state index < -0.39 is 0 Å². The second-order valence-corrected chi connectivity index (χ2v) is 5.16. The molecule has 0 spiro atoms. The highest BCUT2D eigenvalue weighted by Gasteiger charge is 2.08. The Morgan fingerprint density at radius 2 is 2.06 bits per heavy atom. The highest BCUT2D eigenvalue weighted by atomic mass is 35.5. The zero-order chi connectivity index (χ0) is 12.5. The van der Waals surface area contributed by atoms with Gasteiger partial charge in [-0.15, -0.1) is 10.2 Å². The average molecular weight is 281 g/mol. The molecule has 92 valence electrons. The molecule has 2 heterocycles. The Balaban J connectivity index is 1.74. The minimum absolute atomic E-state index is 0.412. The second-order valence-electron chi connectivity index (χ2n) is 3.68. The largest absolute Gasteiger partial charge is 0.486 e. The molecule has 0 aliphatic rings. The van der Waals surface area contributed by atoms with Gasteiger partial charge in [-0.3, -0.25) is 0 Å². The van der Waals surface area contributed by atoms with Crippen LogP contribution in [0.4, 0.5) is 0 Å². The van der Waals surface area contributed by atoms with Gasteiger partial charge in [-0.05, 0) is 31.2 Å². The minimum Gasteiger partial charge on any atom is -0.486 e. The highest BCUT2D eigenvalue weighted by molar-refractivity contribution is 7.16. The number of aromatic nitrogens is 4. The molecule has 5 nitrogen and oxygen atoms in total. The molecule has 0 fully saturated rings. The highest BCUT2D eigenvalue weighted by Crippen LogP contribution is 2.19. The average Bonchev–Trinajstić information content (AvgIpc) is 2.91. The molecule has 0 radical (unpaired) electrons. The van der Waals surface area contributed by atoms with E-state index in [1.54, 1.807) is 16.6 Å². The maximum absolute atomic E-state index is 5.80. The van der Waals surface area contributed by atoms with Gasteiger partial charge in [-0.1, -0.05) is 22.9 Å². The van der Waals surface area contributed by atoms with Crippen molar-refractivity contribution in [2.75, 3.05) is 0 Å². The van der Waals surface area contributed by atoms with Crippen molar-refractivity contribution in [2.45, 2.75) is 13.5 Å². The van der Waals surface area contributed by atoms with Crippen LogP contribution in [0.3, 0.4) is 0 Å². The van der Waals surface area contributed by atoms with E-state index in [4.69, 9.17) is 16.3 Å². The van der Waals surface area contributed by atoms with Gasteiger partial charge in [0.1, 0.15) is 12.4 Å². The molecule has 0 bridgehead atoms. The Hall–Kier alpha value is -1.66. The monoisotopic (exact) mass is 280 g/mol. The first-order valence-corrected chi connectivity index (χ1v) is 6.48. The number of ether oxygens (including phenoxy) is 1. The van der Waals surface area contributed by atoms with Crippen LogP contribution in [0.15, 0.2) is 24.3 Å². The lowest BCUT2D eigenvalue weighted by molar-refractivity contribution is 0.304. The van der Waals surface area contributed by atoms with Gasteiger partial charge in [0.15, 0.2) is 10.8 Å². The molecular formula is C11H9ClN4OS. The van der Waals surface area contributed by atoms with Gasteiger partial charge < -0.3 is 4.74 Å². The van der Waals surface area contributed by atoms with Crippen molar-refractivity contribution in [3.63, 3.8) is 0 Å². The van der Waals surface area contributed by atoms with Crippen LogP contribution in [0.1, 0.15) is 10.8 Å². The minimum atomic E-state index is 0.412. The van der Waals surface area contributed by atoms with Crippen LogP contribution in [0.2, 0.25) is 5.02 Å². The van der Waals surface area contributed by atoms with Crippen LogP contribution < -0.4 is 4.74 Å². The molecule has 0 amide bonds. The summed E-state index contributed by atoms with van der Waals surface area (Å²) in [5.74, 6) is 1.54. The van der Waals surface area contributed by atoms with Gasteiger partial charge in [0.2, 0.25) is 4.96 Å². The maximum Gasteiger partial charge on any atom is 0.234 e. The van der Waals surface area contributed by atoms with Crippen LogP contribution >= 0.6 is 22.9 Å². The summed E-state index contributed by atoms with van der Waals surface area (Å²) in [7, 11) is 0. The topological polar surface area (TPSA) is 52.3 Å². The summed E-state index contributed by atoms with van der Waals surface area (Å²) in [6, 6.07) is 7.24. The molecule has 0 atom stereocenters. The third-order valence-electron chi connectivity index (χ3n) is 2.36. The molecule has 0 N–H and O–H groups in total. The smallest absolute Gasteiger partial charge is 0.234 e. The number of aryl methyl sites for hydroxylation is 1.